The van der Waals surface area contributed by atoms with Gasteiger partial charge in [-0.05, 0) is 6.07 Å². The molecule has 3 rings (SSSR count). The molecule has 1 aliphatic rings. The van der Waals surface area contributed by atoms with Crippen molar-refractivity contribution in [2.24, 2.45) is 0 Å². The van der Waals surface area contributed by atoms with Crippen molar-refractivity contribution in [1.29, 1.82) is 0 Å². The van der Waals surface area contributed by atoms with E-state index in [2.05, 4.69) is 10.4 Å². The molecule has 66 valence electrons. The Morgan fingerprint density at radius 3 is 3.54 bits per heavy atom. The monoisotopic (exact) mass is 195 g/mol. The van der Waals surface area contributed by atoms with Crippen molar-refractivity contribution in [3.63, 3.8) is 0 Å². The molecule has 1 aliphatic heterocycles. The molecule has 3 heterocycles. The van der Waals surface area contributed by atoms with E-state index in [1.165, 1.54) is 22.7 Å². The van der Waals surface area contributed by atoms with Crippen LogP contribution in [0, 0.1) is 0 Å². The van der Waals surface area contributed by atoms with E-state index in [9.17, 15) is 4.79 Å². The summed E-state index contributed by atoms with van der Waals surface area (Å²) in [5.74, 6) is 0.675. The molecule has 2 aromatic heterocycles. The van der Waals surface area contributed by atoms with Crippen molar-refractivity contribution in [2.75, 3.05) is 11.3 Å². The van der Waals surface area contributed by atoms with Gasteiger partial charge < -0.3 is 9.84 Å². The van der Waals surface area contributed by atoms with E-state index >= 15 is 0 Å². The zero-order chi connectivity index (χ0) is 8.84. The van der Waals surface area contributed by atoms with Gasteiger partial charge in [0.15, 0.2) is 5.16 Å². The summed E-state index contributed by atoms with van der Waals surface area (Å²) in [6.45, 7) is 0. The second-order valence-corrected chi connectivity index (χ2v) is 3.56. The molecule has 5 nitrogen and oxygen atoms in total. The number of thioether (sulfide) groups is 1. The summed E-state index contributed by atoms with van der Waals surface area (Å²) in [6.07, 6.45) is 1.47. The minimum Gasteiger partial charge on any atom is -0.446 e. The van der Waals surface area contributed by atoms with Gasteiger partial charge in [-0.25, -0.2) is 0 Å². The van der Waals surface area contributed by atoms with Gasteiger partial charge in [-0.3, -0.25) is 4.79 Å². The van der Waals surface area contributed by atoms with Crippen LogP contribution in [0.15, 0.2) is 26.7 Å². The van der Waals surface area contributed by atoms with Crippen molar-refractivity contribution < 1.29 is 4.42 Å². The molecule has 0 radical (unpaired) electrons. The summed E-state index contributed by atoms with van der Waals surface area (Å²) in [7, 11) is 0. The van der Waals surface area contributed by atoms with Crippen molar-refractivity contribution in [2.45, 2.75) is 5.16 Å². The normalized spacial score (nSPS) is 14.5. The third-order valence-corrected chi connectivity index (χ3v) is 2.70. The Morgan fingerprint density at radius 1 is 1.69 bits per heavy atom. The maximum atomic E-state index is 11.7. The maximum Gasteiger partial charge on any atom is 0.284 e. The molecule has 1 N–H and O–H groups in total. The van der Waals surface area contributed by atoms with Gasteiger partial charge in [0.05, 0.1) is 12.1 Å². The first-order valence-electron chi connectivity index (χ1n) is 3.73. The Bertz CT molecular complexity index is 530. The van der Waals surface area contributed by atoms with Gasteiger partial charge in [0, 0.05) is 0 Å². The topological polar surface area (TPSA) is 60.1 Å². The predicted molar refractivity (Wildman–Crippen MR) is 48.4 cm³/mol. The average Bonchev–Trinajstić information content (AvgIpc) is 2.71. The van der Waals surface area contributed by atoms with Crippen LogP contribution in [-0.2, 0) is 0 Å². The van der Waals surface area contributed by atoms with E-state index < -0.39 is 0 Å². The Hall–Kier alpha value is -1.43. The number of nitrogens with zero attached hydrogens (tertiary/aromatic N) is 2. The van der Waals surface area contributed by atoms with Crippen LogP contribution in [0.25, 0.3) is 11.1 Å². The highest BCUT2D eigenvalue weighted by Gasteiger charge is 2.17. The van der Waals surface area contributed by atoms with E-state index in [1.54, 1.807) is 6.07 Å². The number of aromatic nitrogens is 2. The average molecular weight is 195 g/mol. The highest BCUT2D eigenvalue weighted by atomic mass is 32.2. The van der Waals surface area contributed by atoms with Crippen LogP contribution in [0.5, 0.6) is 0 Å². The van der Waals surface area contributed by atoms with Gasteiger partial charge in [-0.1, -0.05) is 11.8 Å². The molecule has 0 atom stereocenters. The fourth-order valence-corrected chi connectivity index (χ4v) is 2.04. The lowest BCUT2D eigenvalue weighted by Gasteiger charge is -1.99. The number of hydrogen-bond acceptors (Lipinski definition) is 5. The standard InChI is InChI=1S/C7H5N3O2S/c11-6-4-1-2-12-5(4)9-7-10(6)8-3-13-7/h1-2,8H,3H2. The Balaban J connectivity index is 2.53. The summed E-state index contributed by atoms with van der Waals surface area (Å²) in [6, 6.07) is 1.63. The van der Waals surface area contributed by atoms with Crippen LogP contribution >= 0.6 is 11.8 Å². The second-order valence-electron chi connectivity index (χ2n) is 2.62. The minimum absolute atomic E-state index is 0.0984. The minimum atomic E-state index is -0.0984. The predicted octanol–water partition coefficient (Wildman–Crippen LogP) is 0.596. The van der Waals surface area contributed by atoms with Crippen LogP contribution < -0.4 is 11.0 Å². The second kappa shape index (κ2) is 2.29. The molecule has 0 unspecified atom stereocenters. The SMILES string of the molecule is O=c1c2ccoc2nc2n1NCS2. The molecule has 0 amide bonds. The largest absolute Gasteiger partial charge is 0.446 e. The number of hydrogen-bond donors (Lipinski definition) is 1. The number of fused-ring (bicyclic) bond motifs is 2. The van der Waals surface area contributed by atoms with Gasteiger partial charge in [0.1, 0.15) is 5.39 Å². The zero-order valence-corrected chi connectivity index (χ0v) is 7.30. The van der Waals surface area contributed by atoms with Gasteiger partial charge in [-0.15, -0.1) is 0 Å². The molecule has 2 aromatic rings. The Kier molecular flexibility index (Phi) is 1.24. The molecule has 0 aromatic carbocycles. The molecule has 0 saturated carbocycles. The molecule has 6 heteroatoms. The Morgan fingerprint density at radius 2 is 2.62 bits per heavy atom. The lowest BCUT2D eigenvalue weighted by Crippen LogP contribution is -2.25. The van der Waals surface area contributed by atoms with Crippen molar-refractivity contribution in [3.05, 3.63) is 22.7 Å². The quantitative estimate of drug-likeness (QED) is 0.623. The van der Waals surface area contributed by atoms with Crippen molar-refractivity contribution >= 4 is 22.9 Å². The number of furan rings is 1. The molecule has 0 bridgehead atoms. The molecule has 0 spiro atoms. The third kappa shape index (κ3) is 0.831. The lowest BCUT2D eigenvalue weighted by molar-refractivity contribution is 0.591. The van der Waals surface area contributed by atoms with Crippen LogP contribution in [0.4, 0.5) is 0 Å². The fraction of sp³-hybridized carbons (Fsp3) is 0.143. The first kappa shape index (κ1) is 7.02. The summed E-state index contributed by atoms with van der Waals surface area (Å²) in [5.41, 5.74) is 3.22. The van der Waals surface area contributed by atoms with E-state index in [-0.39, 0.29) is 5.56 Å². The maximum absolute atomic E-state index is 11.7. The van der Waals surface area contributed by atoms with Crippen molar-refractivity contribution in [3.8, 4) is 0 Å². The molecular formula is C7H5N3O2S. The first-order chi connectivity index (χ1) is 6.36. The van der Waals surface area contributed by atoms with E-state index in [0.717, 1.165) is 0 Å². The molecule has 0 saturated heterocycles. The highest BCUT2D eigenvalue weighted by Crippen LogP contribution is 2.20. The van der Waals surface area contributed by atoms with E-state index in [1.807, 2.05) is 0 Å². The fourth-order valence-electron chi connectivity index (χ4n) is 1.29. The van der Waals surface area contributed by atoms with Gasteiger partial charge in [-0.2, -0.15) is 9.66 Å². The summed E-state index contributed by atoms with van der Waals surface area (Å²) < 4.78 is 6.51. The molecular weight excluding hydrogens is 190 g/mol. The third-order valence-electron chi connectivity index (χ3n) is 1.89. The smallest absolute Gasteiger partial charge is 0.284 e. The number of rotatable bonds is 0. The van der Waals surface area contributed by atoms with Gasteiger partial charge in [0.25, 0.3) is 5.56 Å². The summed E-state index contributed by atoms with van der Waals surface area (Å²) >= 11 is 1.48. The zero-order valence-electron chi connectivity index (χ0n) is 6.48. The molecule has 13 heavy (non-hydrogen) atoms. The van der Waals surface area contributed by atoms with E-state index in [0.29, 0.717) is 22.1 Å². The van der Waals surface area contributed by atoms with Crippen LogP contribution in [-0.4, -0.2) is 15.5 Å². The lowest BCUT2D eigenvalue weighted by atomic mass is 10.4. The van der Waals surface area contributed by atoms with E-state index in [4.69, 9.17) is 4.42 Å². The molecule has 0 aliphatic carbocycles. The molecule has 0 fully saturated rings. The summed E-state index contributed by atoms with van der Waals surface area (Å²) in [5, 5.41) is 1.17. The van der Waals surface area contributed by atoms with Gasteiger partial charge >= 0.3 is 0 Å². The highest BCUT2D eigenvalue weighted by molar-refractivity contribution is 7.99. The number of nitrogens with one attached hydrogen (secondary N) is 1. The Labute approximate surface area is 76.7 Å². The van der Waals surface area contributed by atoms with Crippen LogP contribution in [0.2, 0.25) is 0 Å². The van der Waals surface area contributed by atoms with Gasteiger partial charge in [0.2, 0.25) is 5.71 Å². The van der Waals surface area contributed by atoms with Crippen LogP contribution in [0.3, 0.4) is 0 Å². The van der Waals surface area contributed by atoms with Crippen LogP contribution in [0.1, 0.15) is 0 Å². The first-order valence-corrected chi connectivity index (χ1v) is 4.72. The van der Waals surface area contributed by atoms with Crippen molar-refractivity contribution in [1.82, 2.24) is 9.66 Å². The summed E-state index contributed by atoms with van der Waals surface area (Å²) in [4.78, 5) is 15.8.